The summed E-state index contributed by atoms with van der Waals surface area (Å²) in [5.74, 6) is 0.939. The maximum absolute atomic E-state index is 5.70. The summed E-state index contributed by atoms with van der Waals surface area (Å²) in [7, 11) is 0. The first-order chi connectivity index (χ1) is 10.7. The van der Waals surface area contributed by atoms with Gasteiger partial charge in [0, 0.05) is 19.8 Å². The lowest BCUT2D eigenvalue weighted by Crippen LogP contribution is -2.19. The fourth-order valence-corrected chi connectivity index (χ4v) is 2.52. The van der Waals surface area contributed by atoms with Crippen LogP contribution < -0.4 is 10.1 Å². The molecule has 0 aromatic heterocycles. The highest BCUT2D eigenvalue weighted by atomic mass is 16.5. The third-order valence-corrected chi connectivity index (χ3v) is 3.57. The Bertz CT molecular complexity index is 417. The molecule has 0 saturated carbocycles. The summed E-state index contributed by atoms with van der Waals surface area (Å²) >= 11 is 0. The van der Waals surface area contributed by atoms with E-state index in [2.05, 4.69) is 17.4 Å². The maximum atomic E-state index is 5.70. The van der Waals surface area contributed by atoms with E-state index >= 15 is 0 Å². The fraction of sp³-hybridized carbons (Fsp3) is 0.667. The van der Waals surface area contributed by atoms with E-state index in [0.717, 1.165) is 51.5 Å². The first-order valence-corrected chi connectivity index (χ1v) is 8.39. The van der Waals surface area contributed by atoms with E-state index < -0.39 is 0 Å². The van der Waals surface area contributed by atoms with Gasteiger partial charge in [-0.15, -0.1) is 0 Å². The molecule has 0 aliphatic carbocycles. The van der Waals surface area contributed by atoms with Crippen LogP contribution in [0.3, 0.4) is 0 Å². The number of hydrogen-bond donors (Lipinski definition) is 1. The summed E-state index contributed by atoms with van der Waals surface area (Å²) in [4.78, 5) is 0. The molecule has 4 heteroatoms. The molecule has 124 valence electrons. The van der Waals surface area contributed by atoms with Crippen LogP contribution in [0.5, 0.6) is 5.75 Å². The van der Waals surface area contributed by atoms with Crippen molar-refractivity contribution >= 4 is 0 Å². The number of rotatable bonds is 10. The zero-order chi connectivity index (χ0) is 15.6. The van der Waals surface area contributed by atoms with Crippen LogP contribution in [0.2, 0.25) is 0 Å². The van der Waals surface area contributed by atoms with Crippen LogP contribution in [0.4, 0.5) is 0 Å². The van der Waals surface area contributed by atoms with Crippen LogP contribution >= 0.6 is 0 Å². The van der Waals surface area contributed by atoms with Gasteiger partial charge in [0.05, 0.1) is 18.8 Å². The van der Waals surface area contributed by atoms with Gasteiger partial charge >= 0.3 is 0 Å². The average Bonchev–Trinajstić information content (AvgIpc) is 2.99. The lowest BCUT2D eigenvalue weighted by atomic mass is 10.2. The van der Waals surface area contributed by atoms with E-state index in [-0.39, 0.29) is 6.10 Å². The molecule has 1 aromatic rings. The SMILES string of the molecule is CC(C)Oc1cccc(CNCCCOCC2CCCO2)c1. The fourth-order valence-electron chi connectivity index (χ4n) is 2.52. The van der Waals surface area contributed by atoms with E-state index in [1.807, 2.05) is 26.0 Å². The summed E-state index contributed by atoms with van der Waals surface area (Å²) < 4.78 is 16.9. The molecule has 1 N–H and O–H groups in total. The van der Waals surface area contributed by atoms with Gasteiger partial charge in [-0.25, -0.2) is 0 Å². The molecule has 1 unspecified atom stereocenters. The third-order valence-electron chi connectivity index (χ3n) is 3.57. The highest BCUT2D eigenvalue weighted by molar-refractivity contribution is 5.28. The highest BCUT2D eigenvalue weighted by Crippen LogP contribution is 2.15. The Kier molecular flexibility index (Phi) is 7.71. The lowest BCUT2D eigenvalue weighted by molar-refractivity contribution is 0.0166. The first kappa shape index (κ1) is 17.3. The monoisotopic (exact) mass is 307 g/mol. The summed E-state index contributed by atoms with van der Waals surface area (Å²) in [6.07, 6.45) is 3.89. The van der Waals surface area contributed by atoms with Gasteiger partial charge in [0.15, 0.2) is 0 Å². The number of hydrogen-bond acceptors (Lipinski definition) is 4. The second kappa shape index (κ2) is 9.82. The predicted molar refractivity (Wildman–Crippen MR) is 88.3 cm³/mol. The van der Waals surface area contributed by atoms with Crippen LogP contribution in [0, 0.1) is 0 Å². The lowest BCUT2D eigenvalue weighted by Gasteiger charge is -2.12. The Morgan fingerprint density at radius 2 is 2.27 bits per heavy atom. The Hall–Kier alpha value is -1.10. The van der Waals surface area contributed by atoms with E-state index in [4.69, 9.17) is 14.2 Å². The zero-order valence-corrected chi connectivity index (χ0v) is 13.8. The normalized spacial score (nSPS) is 18.0. The maximum Gasteiger partial charge on any atom is 0.120 e. The molecule has 1 heterocycles. The summed E-state index contributed by atoms with van der Waals surface area (Å²) in [6, 6.07) is 8.26. The number of benzene rings is 1. The standard InChI is InChI=1S/C18H29NO3/c1-15(2)22-17-7-3-6-16(12-17)13-19-9-5-10-20-14-18-8-4-11-21-18/h3,6-7,12,15,18-19H,4-5,8-11,13-14H2,1-2H3. The van der Waals surface area contributed by atoms with Crippen molar-refractivity contribution in [2.45, 2.75) is 51.9 Å². The summed E-state index contributed by atoms with van der Waals surface area (Å²) in [5, 5.41) is 3.44. The summed E-state index contributed by atoms with van der Waals surface area (Å²) in [5.41, 5.74) is 1.25. The molecule has 1 aliphatic rings. The molecular weight excluding hydrogens is 278 g/mol. The van der Waals surface area contributed by atoms with Crippen LogP contribution in [0.25, 0.3) is 0 Å². The van der Waals surface area contributed by atoms with Crippen molar-refractivity contribution < 1.29 is 14.2 Å². The van der Waals surface area contributed by atoms with E-state index in [1.54, 1.807) is 0 Å². The molecule has 0 bridgehead atoms. The van der Waals surface area contributed by atoms with E-state index in [0.29, 0.717) is 6.10 Å². The van der Waals surface area contributed by atoms with Gasteiger partial charge in [-0.3, -0.25) is 0 Å². The molecule has 1 aliphatic heterocycles. The van der Waals surface area contributed by atoms with Crippen molar-refractivity contribution in [3.63, 3.8) is 0 Å². The minimum absolute atomic E-state index is 0.212. The third kappa shape index (κ3) is 6.77. The van der Waals surface area contributed by atoms with Crippen molar-refractivity contribution in [2.24, 2.45) is 0 Å². The van der Waals surface area contributed by atoms with Gasteiger partial charge in [-0.05, 0) is 57.4 Å². The minimum Gasteiger partial charge on any atom is -0.491 e. The van der Waals surface area contributed by atoms with Crippen LogP contribution in [-0.4, -0.2) is 38.6 Å². The quantitative estimate of drug-likeness (QED) is 0.674. The Morgan fingerprint density at radius 1 is 1.36 bits per heavy atom. The predicted octanol–water partition coefficient (Wildman–Crippen LogP) is 3.15. The van der Waals surface area contributed by atoms with Gasteiger partial charge in [-0.2, -0.15) is 0 Å². The largest absolute Gasteiger partial charge is 0.491 e. The van der Waals surface area contributed by atoms with Crippen molar-refractivity contribution in [2.75, 3.05) is 26.4 Å². The Balaban J connectivity index is 1.52. The average molecular weight is 307 g/mol. The van der Waals surface area contributed by atoms with Crippen molar-refractivity contribution in [3.8, 4) is 5.75 Å². The Morgan fingerprint density at radius 3 is 3.05 bits per heavy atom. The molecule has 1 saturated heterocycles. The smallest absolute Gasteiger partial charge is 0.120 e. The first-order valence-electron chi connectivity index (χ1n) is 8.39. The van der Waals surface area contributed by atoms with Crippen LogP contribution in [0.15, 0.2) is 24.3 Å². The number of ether oxygens (including phenoxy) is 3. The van der Waals surface area contributed by atoms with Gasteiger partial charge in [0.1, 0.15) is 5.75 Å². The molecule has 0 amide bonds. The molecule has 22 heavy (non-hydrogen) atoms. The van der Waals surface area contributed by atoms with Crippen molar-refractivity contribution in [1.82, 2.24) is 5.32 Å². The zero-order valence-electron chi connectivity index (χ0n) is 13.8. The van der Waals surface area contributed by atoms with Crippen LogP contribution in [0.1, 0.15) is 38.7 Å². The van der Waals surface area contributed by atoms with E-state index in [9.17, 15) is 0 Å². The molecule has 4 nitrogen and oxygen atoms in total. The van der Waals surface area contributed by atoms with Crippen molar-refractivity contribution in [3.05, 3.63) is 29.8 Å². The minimum atomic E-state index is 0.212. The van der Waals surface area contributed by atoms with Gasteiger partial charge in [0.2, 0.25) is 0 Å². The molecule has 1 aromatic carbocycles. The molecule has 1 fully saturated rings. The molecular formula is C18H29NO3. The molecule has 2 rings (SSSR count). The second-order valence-electron chi connectivity index (χ2n) is 6.05. The second-order valence-corrected chi connectivity index (χ2v) is 6.05. The molecule has 1 atom stereocenters. The molecule has 0 radical (unpaired) electrons. The Labute approximate surface area is 134 Å². The van der Waals surface area contributed by atoms with Gasteiger partial charge in [0.25, 0.3) is 0 Å². The highest BCUT2D eigenvalue weighted by Gasteiger charge is 2.14. The van der Waals surface area contributed by atoms with Crippen molar-refractivity contribution in [1.29, 1.82) is 0 Å². The van der Waals surface area contributed by atoms with Crippen LogP contribution in [-0.2, 0) is 16.0 Å². The van der Waals surface area contributed by atoms with Gasteiger partial charge in [-0.1, -0.05) is 12.1 Å². The number of nitrogens with one attached hydrogen (secondary N) is 1. The van der Waals surface area contributed by atoms with Gasteiger partial charge < -0.3 is 19.5 Å². The topological polar surface area (TPSA) is 39.7 Å². The van der Waals surface area contributed by atoms with E-state index in [1.165, 1.54) is 12.0 Å². The molecule has 0 spiro atoms. The summed E-state index contributed by atoms with van der Waals surface area (Å²) in [6.45, 7) is 8.35.